The van der Waals surface area contributed by atoms with Crippen LogP contribution in [-0.4, -0.2) is 41.1 Å². The van der Waals surface area contributed by atoms with E-state index in [1.165, 1.54) is 6.92 Å². The molecule has 1 heterocycles. The monoisotopic (exact) mass is 333 g/mol. The van der Waals surface area contributed by atoms with E-state index in [4.69, 9.17) is 4.74 Å². The third kappa shape index (κ3) is 4.49. The lowest BCUT2D eigenvalue weighted by Gasteiger charge is -2.30. The molecule has 1 N–H and O–H groups in total. The molecule has 0 saturated carbocycles. The van der Waals surface area contributed by atoms with Crippen molar-refractivity contribution < 1.29 is 19.4 Å². The highest BCUT2D eigenvalue weighted by atomic mass is 16.6. The van der Waals surface area contributed by atoms with Gasteiger partial charge in [-0.2, -0.15) is 0 Å². The number of aromatic hydroxyl groups is 1. The molecule has 1 aliphatic rings. The van der Waals surface area contributed by atoms with Crippen LogP contribution >= 0.6 is 0 Å². The average Bonchev–Trinajstić information content (AvgIpc) is 2.52. The molecular weight excluding hydrogens is 306 g/mol. The van der Waals surface area contributed by atoms with Gasteiger partial charge in [0.25, 0.3) is 0 Å². The number of carbonyl (C=O) groups excluding carboxylic acids is 2. The van der Waals surface area contributed by atoms with Crippen LogP contribution in [0.5, 0.6) is 5.75 Å². The minimum absolute atomic E-state index is 0.169. The van der Waals surface area contributed by atoms with Gasteiger partial charge in [0.2, 0.25) is 0 Å². The number of phenolic OH excluding ortho intramolecular Hbond substituents is 1. The SMILES string of the molecule is CC(=O)[C@@H](Cc1cc(C)c(O)c(C)c1)OC(=O)N1CCC(C)CC1. The van der Waals surface area contributed by atoms with E-state index in [2.05, 4.69) is 6.92 Å². The first kappa shape index (κ1) is 18.3. The zero-order valence-corrected chi connectivity index (χ0v) is 15.0. The number of ether oxygens (including phenoxy) is 1. The highest BCUT2D eigenvalue weighted by Crippen LogP contribution is 2.24. The zero-order chi connectivity index (χ0) is 17.9. The van der Waals surface area contributed by atoms with Crippen LogP contribution < -0.4 is 0 Å². The number of ketones is 1. The lowest BCUT2D eigenvalue weighted by molar-refractivity contribution is -0.125. The molecule has 24 heavy (non-hydrogen) atoms. The number of hydrogen-bond acceptors (Lipinski definition) is 4. The second-order valence-electron chi connectivity index (χ2n) is 6.93. The van der Waals surface area contributed by atoms with Gasteiger partial charge >= 0.3 is 6.09 Å². The summed E-state index contributed by atoms with van der Waals surface area (Å²) in [5, 5.41) is 9.85. The van der Waals surface area contributed by atoms with Crippen molar-refractivity contribution in [2.45, 2.75) is 53.1 Å². The topological polar surface area (TPSA) is 66.8 Å². The number of rotatable bonds is 4. The molecule has 5 nitrogen and oxygen atoms in total. The van der Waals surface area contributed by atoms with Gasteiger partial charge in [-0.1, -0.05) is 19.1 Å². The molecule has 1 aromatic rings. The molecule has 0 radical (unpaired) electrons. The Morgan fingerprint density at radius 3 is 2.29 bits per heavy atom. The van der Waals surface area contributed by atoms with Gasteiger partial charge in [0, 0.05) is 19.5 Å². The van der Waals surface area contributed by atoms with Crippen LogP contribution in [0.1, 0.15) is 43.4 Å². The van der Waals surface area contributed by atoms with Crippen molar-refractivity contribution in [3.8, 4) is 5.75 Å². The highest BCUT2D eigenvalue weighted by Gasteiger charge is 2.26. The average molecular weight is 333 g/mol. The standard InChI is InChI=1S/C19H27NO4/c1-12-5-7-20(8-6-12)19(23)24-17(15(4)21)11-16-9-13(2)18(22)14(3)10-16/h9-10,12,17,22H,5-8,11H2,1-4H3/t17-/m1/s1. The lowest BCUT2D eigenvalue weighted by Crippen LogP contribution is -2.41. The molecule has 1 aromatic carbocycles. The van der Waals surface area contributed by atoms with Crippen molar-refractivity contribution in [1.82, 2.24) is 4.90 Å². The Morgan fingerprint density at radius 1 is 1.25 bits per heavy atom. The van der Waals surface area contributed by atoms with Gasteiger partial charge in [-0.25, -0.2) is 4.79 Å². The molecule has 0 spiro atoms. The summed E-state index contributed by atoms with van der Waals surface area (Å²) >= 11 is 0. The van der Waals surface area contributed by atoms with Crippen molar-refractivity contribution in [2.24, 2.45) is 5.92 Å². The van der Waals surface area contributed by atoms with Crippen molar-refractivity contribution in [3.05, 3.63) is 28.8 Å². The summed E-state index contributed by atoms with van der Waals surface area (Å²) in [6.07, 6.45) is 1.06. The minimum atomic E-state index is -0.791. The molecule has 1 atom stereocenters. The molecule has 1 amide bonds. The Balaban J connectivity index is 2.04. The van der Waals surface area contributed by atoms with Crippen LogP contribution in [-0.2, 0) is 16.0 Å². The number of likely N-dealkylation sites (tertiary alicyclic amines) is 1. The molecule has 132 valence electrons. The lowest BCUT2D eigenvalue weighted by atomic mass is 9.99. The number of amides is 1. The van der Waals surface area contributed by atoms with E-state index < -0.39 is 12.2 Å². The van der Waals surface area contributed by atoms with Gasteiger partial charge < -0.3 is 14.7 Å². The maximum Gasteiger partial charge on any atom is 0.410 e. The maximum absolute atomic E-state index is 12.3. The summed E-state index contributed by atoms with van der Waals surface area (Å²) in [5.74, 6) is 0.718. The van der Waals surface area contributed by atoms with Crippen LogP contribution in [0, 0.1) is 19.8 Å². The second-order valence-corrected chi connectivity index (χ2v) is 6.93. The summed E-state index contributed by atoms with van der Waals surface area (Å²) in [6, 6.07) is 3.66. The fourth-order valence-electron chi connectivity index (χ4n) is 3.03. The summed E-state index contributed by atoms with van der Waals surface area (Å²) in [7, 11) is 0. The Bertz CT molecular complexity index is 595. The number of phenols is 1. The molecule has 0 aromatic heterocycles. The number of nitrogens with zero attached hydrogens (tertiary/aromatic N) is 1. The first-order valence-electron chi connectivity index (χ1n) is 8.53. The molecule has 2 rings (SSSR count). The number of aryl methyl sites for hydroxylation is 2. The fourth-order valence-corrected chi connectivity index (χ4v) is 3.03. The predicted molar refractivity (Wildman–Crippen MR) is 92.2 cm³/mol. The molecular formula is C19H27NO4. The van der Waals surface area contributed by atoms with Crippen LogP contribution in [0.3, 0.4) is 0 Å². The van der Waals surface area contributed by atoms with Gasteiger partial charge in [0.05, 0.1) is 0 Å². The van der Waals surface area contributed by atoms with Crippen LogP contribution in [0.4, 0.5) is 4.79 Å². The smallest absolute Gasteiger partial charge is 0.410 e. The van der Waals surface area contributed by atoms with Gasteiger partial charge in [-0.3, -0.25) is 4.79 Å². The Morgan fingerprint density at radius 2 is 1.79 bits per heavy atom. The molecule has 5 heteroatoms. The van der Waals surface area contributed by atoms with Gasteiger partial charge in [0.1, 0.15) is 5.75 Å². The maximum atomic E-state index is 12.3. The molecule has 0 aliphatic carbocycles. The third-order valence-corrected chi connectivity index (χ3v) is 4.71. The second kappa shape index (κ2) is 7.69. The van der Waals surface area contributed by atoms with Crippen molar-refractivity contribution >= 4 is 11.9 Å². The van der Waals surface area contributed by atoms with Crippen molar-refractivity contribution in [2.75, 3.05) is 13.1 Å². The van der Waals surface area contributed by atoms with E-state index in [0.29, 0.717) is 25.4 Å². The summed E-state index contributed by atoms with van der Waals surface area (Å²) < 4.78 is 5.48. The van der Waals surface area contributed by atoms with Crippen molar-refractivity contribution in [1.29, 1.82) is 0 Å². The predicted octanol–water partition coefficient (Wildman–Crippen LogP) is 3.38. The summed E-state index contributed by atoms with van der Waals surface area (Å²) in [6.45, 7) is 8.61. The van der Waals surface area contributed by atoms with E-state index in [1.807, 2.05) is 26.0 Å². The van der Waals surface area contributed by atoms with E-state index in [1.54, 1.807) is 4.90 Å². The molecule has 0 bridgehead atoms. The molecule has 1 aliphatic heterocycles. The number of hydrogen-bond donors (Lipinski definition) is 1. The van der Waals surface area contributed by atoms with Gasteiger partial charge in [-0.05, 0) is 56.2 Å². The summed E-state index contributed by atoms with van der Waals surface area (Å²) in [4.78, 5) is 25.9. The fraction of sp³-hybridized carbons (Fsp3) is 0.579. The molecule has 0 unspecified atom stereocenters. The number of carbonyl (C=O) groups is 2. The Hall–Kier alpha value is -2.04. The van der Waals surface area contributed by atoms with Gasteiger partial charge in [0.15, 0.2) is 11.9 Å². The van der Waals surface area contributed by atoms with E-state index in [-0.39, 0.29) is 11.5 Å². The summed E-state index contributed by atoms with van der Waals surface area (Å²) in [5.41, 5.74) is 2.38. The largest absolute Gasteiger partial charge is 0.507 e. The van der Waals surface area contributed by atoms with E-state index >= 15 is 0 Å². The highest BCUT2D eigenvalue weighted by molar-refractivity contribution is 5.83. The van der Waals surface area contributed by atoms with Gasteiger partial charge in [-0.15, -0.1) is 0 Å². The van der Waals surface area contributed by atoms with Crippen LogP contribution in [0.25, 0.3) is 0 Å². The van der Waals surface area contributed by atoms with E-state index in [0.717, 1.165) is 29.5 Å². The number of Topliss-reactive ketones (excluding diaryl/α,β-unsaturated/α-hetero) is 1. The van der Waals surface area contributed by atoms with Crippen molar-refractivity contribution in [3.63, 3.8) is 0 Å². The quantitative estimate of drug-likeness (QED) is 0.917. The normalized spacial score (nSPS) is 16.8. The van der Waals surface area contributed by atoms with Crippen LogP contribution in [0.2, 0.25) is 0 Å². The Labute approximate surface area is 143 Å². The zero-order valence-electron chi connectivity index (χ0n) is 15.0. The minimum Gasteiger partial charge on any atom is -0.507 e. The molecule has 1 fully saturated rings. The number of piperidine rings is 1. The van der Waals surface area contributed by atoms with Crippen LogP contribution in [0.15, 0.2) is 12.1 Å². The Kier molecular flexibility index (Phi) is 5.86. The number of benzene rings is 1. The first-order valence-corrected chi connectivity index (χ1v) is 8.53. The molecule has 1 saturated heterocycles. The third-order valence-electron chi connectivity index (χ3n) is 4.71. The first-order chi connectivity index (χ1) is 11.3. The van der Waals surface area contributed by atoms with E-state index in [9.17, 15) is 14.7 Å².